The number of rotatable bonds is 3. The molecule has 0 radical (unpaired) electrons. The number of nitrogens with two attached hydrogens (primary N) is 1. The van der Waals surface area contributed by atoms with Crippen LogP contribution in [0.2, 0.25) is 0 Å². The molecule has 3 unspecified atom stereocenters. The van der Waals surface area contributed by atoms with Crippen molar-refractivity contribution in [1.29, 1.82) is 0 Å². The monoisotopic (exact) mass is 271 g/mol. The normalized spacial score (nSPS) is 31.9. The van der Waals surface area contributed by atoms with Gasteiger partial charge in [0.1, 0.15) is 6.61 Å². The molecule has 0 heterocycles. The third-order valence-electron chi connectivity index (χ3n) is 4.47. The third-order valence-corrected chi connectivity index (χ3v) is 4.47. The first-order valence-corrected chi connectivity index (χ1v) is 7.31. The Balaban J connectivity index is 1.68. The Morgan fingerprint density at radius 3 is 2.90 bits per heavy atom. The van der Waals surface area contributed by atoms with E-state index in [9.17, 15) is 4.79 Å². The van der Waals surface area contributed by atoms with E-state index in [2.05, 4.69) is 12.2 Å². The molecule has 0 spiro atoms. The lowest BCUT2D eigenvalue weighted by Gasteiger charge is -2.42. The Morgan fingerprint density at radius 1 is 1.30 bits per heavy atom. The minimum Gasteiger partial charge on any atom is -0.460 e. The van der Waals surface area contributed by atoms with Crippen LogP contribution in [0, 0.1) is 11.3 Å². The molecule has 2 bridgehead atoms. The fourth-order valence-electron chi connectivity index (χ4n) is 3.57. The van der Waals surface area contributed by atoms with E-state index in [1.807, 2.05) is 30.3 Å². The summed E-state index contributed by atoms with van der Waals surface area (Å²) >= 11 is 0. The molecule has 2 aliphatic carbocycles. The van der Waals surface area contributed by atoms with Crippen LogP contribution >= 0.6 is 0 Å². The van der Waals surface area contributed by atoms with Gasteiger partial charge < -0.3 is 10.5 Å². The second-order valence-electron chi connectivity index (χ2n) is 6.14. The van der Waals surface area contributed by atoms with E-state index in [1.54, 1.807) is 0 Å². The van der Waals surface area contributed by atoms with Gasteiger partial charge in [0, 0.05) is 6.04 Å². The average Bonchev–Trinajstić information content (AvgIpc) is 2.45. The Hall–Kier alpha value is -1.61. The predicted octanol–water partition coefficient (Wildman–Crippen LogP) is 2.80. The lowest BCUT2D eigenvalue weighted by Crippen LogP contribution is -2.46. The number of ether oxygens (including phenoxy) is 1. The summed E-state index contributed by atoms with van der Waals surface area (Å²) in [5, 5.41) is 0. The van der Waals surface area contributed by atoms with Crippen LogP contribution in [-0.2, 0) is 16.1 Å². The summed E-state index contributed by atoms with van der Waals surface area (Å²) in [6.45, 7) is 0.352. The van der Waals surface area contributed by atoms with Crippen LogP contribution in [0.1, 0.15) is 31.2 Å². The molecule has 0 aromatic heterocycles. The van der Waals surface area contributed by atoms with E-state index in [0.717, 1.165) is 31.2 Å². The number of hydrogen-bond acceptors (Lipinski definition) is 3. The summed E-state index contributed by atoms with van der Waals surface area (Å²) < 4.78 is 5.56. The molecule has 1 fully saturated rings. The smallest absolute Gasteiger partial charge is 0.312 e. The standard InChI is InChI=1S/C17H21NO2/c18-15-9-14-7-4-8-17(10-14,11-15)16(19)20-12-13-5-2-1-3-6-13/h1-7,14-15H,8-12,18H2. The van der Waals surface area contributed by atoms with Gasteiger partial charge in [-0.3, -0.25) is 4.79 Å². The van der Waals surface area contributed by atoms with E-state index >= 15 is 0 Å². The zero-order chi connectivity index (χ0) is 14.0. The topological polar surface area (TPSA) is 52.3 Å². The molecule has 0 saturated heterocycles. The first kappa shape index (κ1) is 13.4. The summed E-state index contributed by atoms with van der Waals surface area (Å²) in [5.74, 6) is 0.364. The molecule has 3 heteroatoms. The average molecular weight is 271 g/mol. The van der Waals surface area contributed by atoms with Gasteiger partial charge >= 0.3 is 5.97 Å². The molecule has 1 aromatic carbocycles. The zero-order valence-corrected chi connectivity index (χ0v) is 11.6. The lowest BCUT2D eigenvalue weighted by molar-refractivity contribution is -0.161. The number of hydrogen-bond donors (Lipinski definition) is 1. The van der Waals surface area contributed by atoms with Crippen molar-refractivity contribution < 1.29 is 9.53 Å². The molecule has 3 nitrogen and oxygen atoms in total. The van der Waals surface area contributed by atoms with Crippen LogP contribution in [0.25, 0.3) is 0 Å². The minimum atomic E-state index is -0.383. The Labute approximate surface area is 119 Å². The Bertz CT molecular complexity index is 511. The van der Waals surface area contributed by atoms with Crippen molar-refractivity contribution >= 4 is 5.97 Å². The van der Waals surface area contributed by atoms with Crippen molar-refractivity contribution in [3.05, 3.63) is 48.0 Å². The largest absolute Gasteiger partial charge is 0.460 e. The highest BCUT2D eigenvalue weighted by Gasteiger charge is 2.46. The molecule has 2 aliphatic rings. The maximum atomic E-state index is 12.5. The van der Waals surface area contributed by atoms with Crippen molar-refractivity contribution in [2.45, 2.75) is 38.3 Å². The SMILES string of the molecule is NC1CC2C=CCC(C(=O)OCc3ccccc3)(C1)C2. The van der Waals surface area contributed by atoms with Crippen LogP contribution in [-0.4, -0.2) is 12.0 Å². The highest BCUT2D eigenvalue weighted by molar-refractivity contribution is 5.77. The molecule has 0 amide bonds. The molecular formula is C17H21NO2. The van der Waals surface area contributed by atoms with E-state index in [-0.39, 0.29) is 17.4 Å². The number of carbonyl (C=O) groups is 1. The molecule has 1 aromatic rings. The van der Waals surface area contributed by atoms with Gasteiger partial charge in [0.05, 0.1) is 5.41 Å². The van der Waals surface area contributed by atoms with Gasteiger partial charge in [-0.05, 0) is 37.2 Å². The van der Waals surface area contributed by atoms with Crippen molar-refractivity contribution in [3.63, 3.8) is 0 Å². The van der Waals surface area contributed by atoms with Crippen LogP contribution in [0.3, 0.4) is 0 Å². The van der Waals surface area contributed by atoms with Crippen LogP contribution < -0.4 is 5.73 Å². The minimum absolute atomic E-state index is 0.0779. The second-order valence-corrected chi connectivity index (χ2v) is 6.14. The molecule has 20 heavy (non-hydrogen) atoms. The first-order valence-electron chi connectivity index (χ1n) is 7.31. The molecular weight excluding hydrogens is 250 g/mol. The van der Waals surface area contributed by atoms with Gasteiger partial charge in [0.2, 0.25) is 0 Å². The third kappa shape index (κ3) is 2.63. The van der Waals surface area contributed by atoms with Gasteiger partial charge in [-0.1, -0.05) is 42.5 Å². The van der Waals surface area contributed by atoms with Crippen molar-refractivity contribution in [2.24, 2.45) is 17.1 Å². The number of esters is 1. The zero-order valence-electron chi connectivity index (χ0n) is 11.6. The summed E-state index contributed by atoms with van der Waals surface area (Å²) in [5.41, 5.74) is 6.76. The van der Waals surface area contributed by atoms with E-state index < -0.39 is 0 Å². The number of benzene rings is 1. The van der Waals surface area contributed by atoms with Gasteiger partial charge in [-0.25, -0.2) is 0 Å². The molecule has 1 saturated carbocycles. The highest BCUT2D eigenvalue weighted by Crippen LogP contribution is 2.46. The quantitative estimate of drug-likeness (QED) is 0.679. The number of allylic oxidation sites excluding steroid dienone is 2. The molecule has 2 N–H and O–H groups in total. The summed E-state index contributed by atoms with van der Waals surface area (Å²) in [4.78, 5) is 12.5. The van der Waals surface area contributed by atoms with Gasteiger partial charge in [0.15, 0.2) is 0 Å². The fourth-order valence-corrected chi connectivity index (χ4v) is 3.57. The van der Waals surface area contributed by atoms with Crippen LogP contribution in [0.5, 0.6) is 0 Å². The Kier molecular flexibility index (Phi) is 3.62. The van der Waals surface area contributed by atoms with E-state index in [0.29, 0.717) is 12.5 Å². The van der Waals surface area contributed by atoms with Crippen LogP contribution in [0.4, 0.5) is 0 Å². The van der Waals surface area contributed by atoms with Gasteiger partial charge in [0.25, 0.3) is 0 Å². The highest BCUT2D eigenvalue weighted by atomic mass is 16.5. The maximum Gasteiger partial charge on any atom is 0.312 e. The number of carbonyl (C=O) groups excluding carboxylic acids is 1. The summed E-state index contributed by atoms with van der Waals surface area (Å²) in [6.07, 6.45) is 7.74. The summed E-state index contributed by atoms with van der Waals surface area (Å²) in [7, 11) is 0. The Morgan fingerprint density at radius 2 is 2.10 bits per heavy atom. The molecule has 0 aliphatic heterocycles. The van der Waals surface area contributed by atoms with Crippen molar-refractivity contribution in [2.75, 3.05) is 0 Å². The molecule has 3 atom stereocenters. The second kappa shape index (κ2) is 5.41. The predicted molar refractivity (Wildman–Crippen MR) is 77.7 cm³/mol. The molecule has 3 rings (SSSR count). The fraction of sp³-hybridized carbons (Fsp3) is 0.471. The van der Waals surface area contributed by atoms with Gasteiger partial charge in [-0.15, -0.1) is 0 Å². The van der Waals surface area contributed by atoms with Crippen LogP contribution in [0.15, 0.2) is 42.5 Å². The summed E-state index contributed by atoms with van der Waals surface area (Å²) in [6, 6.07) is 9.93. The molecule has 106 valence electrons. The van der Waals surface area contributed by atoms with Gasteiger partial charge in [-0.2, -0.15) is 0 Å². The first-order chi connectivity index (χ1) is 9.68. The lowest BCUT2D eigenvalue weighted by atomic mass is 9.63. The maximum absolute atomic E-state index is 12.5. The van der Waals surface area contributed by atoms with Crippen molar-refractivity contribution in [3.8, 4) is 0 Å². The van der Waals surface area contributed by atoms with Crippen molar-refractivity contribution in [1.82, 2.24) is 0 Å². The van der Waals surface area contributed by atoms with E-state index in [4.69, 9.17) is 10.5 Å². The number of fused-ring (bicyclic) bond motifs is 2. The van der Waals surface area contributed by atoms with E-state index in [1.165, 1.54) is 0 Å².